The van der Waals surface area contributed by atoms with Gasteiger partial charge >= 0.3 is 0 Å². The highest BCUT2D eigenvalue weighted by molar-refractivity contribution is 14.1. The fourth-order valence-electron chi connectivity index (χ4n) is 2.57. The first kappa shape index (κ1) is 19.4. The van der Waals surface area contributed by atoms with Crippen LogP contribution in [0.4, 0.5) is 10.1 Å². The second kappa shape index (κ2) is 8.99. The molecule has 0 aliphatic rings. The molecule has 0 N–H and O–H groups in total. The molecule has 0 heterocycles. The van der Waals surface area contributed by atoms with Crippen LogP contribution in [0.25, 0.3) is 0 Å². The molecule has 0 spiro atoms. The molecule has 0 radical (unpaired) electrons. The lowest BCUT2D eigenvalue weighted by Crippen LogP contribution is -2.02. The summed E-state index contributed by atoms with van der Waals surface area (Å²) in [7, 11) is 1.59. The molecule has 0 saturated carbocycles. The van der Waals surface area contributed by atoms with Gasteiger partial charge in [0.25, 0.3) is 0 Å². The van der Waals surface area contributed by atoms with Gasteiger partial charge in [-0.2, -0.15) is 0 Å². The molecule has 27 heavy (non-hydrogen) atoms. The molecule has 0 unspecified atom stereocenters. The third-order valence-electron chi connectivity index (χ3n) is 4.05. The van der Waals surface area contributed by atoms with Crippen LogP contribution < -0.4 is 9.47 Å². The maximum Gasteiger partial charge on any atom is 0.174 e. The second-order valence-electron chi connectivity index (χ2n) is 5.96. The van der Waals surface area contributed by atoms with Gasteiger partial charge in [-0.25, -0.2) is 4.39 Å². The van der Waals surface area contributed by atoms with Crippen molar-refractivity contribution in [2.24, 2.45) is 4.99 Å². The van der Waals surface area contributed by atoms with E-state index in [9.17, 15) is 4.39 Å². The summed E-state index contributed by atoms with van der Waals surface area (Å²) in [4.78, 5) is 4.55. The summed E-state index contributed by atoms with van der Waals surface area (Å²) in [5.41, 5.74) is 3.44. The Morgan fingerprint density at radius 2 is 1.81 bits per heavy atom. The zero-order valence-electron chi connectivity index (χ0n) is 15.1. The molecule has 0 aromatic heterocycles. The van der Waals surface area contributed by atoms with E-state index in [4.69, 9.17) is 9.47 Å². The number of nitrogens with zero attached hydrogens (tertiary/aromatic N) is 1. The Hall–Kier alpha value is -2.41. The Morgan fingerprint density at radius 3 is 2.56 bits per heavy atom. The van der Waals surface area contributed by atoms with Crippen molar-refractivity contribution >= 4 is 34.5 Å². The van der Waals surface area contributed by atoms with Crippen LogP contribution in [0.15, 0.2) is 65.7 Å². The molecule has 3 nitrogen and oxygen atoms in total. The van der Waals surface area contributed by atoms with Crippen LogP contribution in [0.3, 0.4) is 0 Å². The SMILES string of the molecule is COc1cc(C=Nc2ccccc2C)cc(I)c1OCc1ccccc1F. The topological polar surface area (TPSA) is 30.8 Å². The minimum atomic E-state index is -0.284. The third kappa shape index (κ3) is 4.86. The van der Waals surface area contributed by atoms with Crippen LogP contribution in [0.1, 0.15) is 16.7 Å². The predicted octanol–water partition coefficient (Wildman–Crippen LogP) is 6.08. The van der Waals surface area contributed by atoms with Crippen LogP contribution in [0.5, 0.6) is 11.5 Å². The molecule has 3 aromatic rings. The highest BCUT2D eigenvalue weighted by Gasteiger charge is 2.12. The van der Waals surface area contributed by atoms with Crippen molar-refractivity contribution in [3.63, 3.8) is 0 Å². The number of benzene rings is 3. The Balaban J connectivity index is 1.83. The Morgan fingerprint density at radius 1 is 1.07 bits per heavy atom. The summed E-state index contributed by atoms with van der Waals surface area (Å²) in [5.74, 6) is 0.896. The fourth-order valence-corrected chi connectivity index (χ4v) is 3.35. The average Bonchev–Trinajstić information content (AvgIpc) is 2.67. The molecule has 138 valence electrons. The lowest BCUT2D eigenvalue weighted by Gasteiger charge is -2.14. The van der Waals surface area contributed by atoms with Gasteiger partial charge in [0.15, 0.2) is 11.5 Å². The van der Waals surface area contributed by atoms with E-state index in [1.807, 2.05) is 43.3 Å². The molecular weight excluding hydrogens is 456 g/mol. The normalized spacial score (nSPS) is 11.0. The maximum absolute atomic E-state index is 13.8. The highest BCUT2D eigenvalue weighted by atomic mass is 127. The molecule has 3 rings (SSSR count). The van der Waals surface area contributed by atoms with E-state index in [1.165, 1.54) is 6.07 Å². The first-order chi connectivity index (χ1) is 13.1. The molecule has 0 saturated heterocycles. The van der Waals surface area contributed by atoms with E-state index in [1.54, 1.807) is 31.5 Å². The molecule has 0 aliphatic heterocycles. The zero-order chi connectivity index (χ0) is 19.2. The number of rotatable bonds is 6. The first-order valence-electron chi connectivity index (χ1n) is 8.42. The van der Waals surface area contributed by atoms with E-state index in [0.717, 1.165) is 20.4 Å². The van der Waals surface area contributed by atoms with Gasteiger partial charge in [0.1, 0.15) is 12.4 Å². The summed E-state index contributed by atoms with van der Waals surface area (Å²) in [6, 6.07) is 18.3. The van der Waals surface area contributed by atoms with Gasteiger partial charge in [0.2, 0.25) is 0 Å². The van der Waals surface area contributed by atoms with E-state index >= 15 is 0 Å². The molecule has 0 fully saturated rings. The number of halogens is 2. The molecule has 5 heteroatoms. The number of aryl methyl sites for hydroxylation is 1. The van der Waals surface area contributed by atoms with Crippen molar-refractivity contribution in [2.45, 2.75) is 13.5 Å². The average molecular weight is 475 g/mol. The largest absolute Gasteiger partial charge is 0.493 e. The summed E-state index contributed by atoms with van der Waals surface area (Å²) in [6.45, 7) is 2.16. The lowest BCUT2D eigenvalue weighted by molar-refractivity contribution is 0.277. The number of hydrogen-bond acceptors (Lipinski definition) is 3. The smallest absolute Gasteiger partial charge is 0.174 e. The second-order valence-corrected chi connectivity index (χ2v) is 7.12. The Kier molecular flexibility index (Phi) is 6.45. The molecule has 0 amide bonds. The van der Waals surface area contributed by atoms with Crippen molar-refractivity contribution in [3.8, 4) is 11.5 Å². The monoisotopic (exact) mass is 475 g/mol. The van der Waals surface area contributed by atoms with Crippen LogP contribution >= 0.6 is 22.6 Å². The molecule has 0 atom stereocenters. The van der Waals surface area contributed by atoms with Crippen molar-refractivity contribution < 1.29 is 13.9 Å². The molecular formula is C22H19FINO2. The van der Waals surface area contributed by atoms with Crippen molar-refractivity contribution in [1.29, 1.82) is 0 Å². The maximum atomic E-state index is 13.8. The number of ether oxygens (including phenoxy) is 2. The quantitative estimate of drug-likeness (QED) is 0.320. The predicted molar refractivity (Wildman–Crippen MR) is 115 cm³/mol. The summed E-state index contributed by atoms with van der Waals surface area (Å²) >= 11 is 2.19. The lowest BCUT2D eigenvalue weighted by atomic mass is 10.2. The van der Waals surface area contributed by atoms with Crippen molar-refractivity contribution in [3.05, 3.63) is 86.7 Å². The van der Waals surface area contributed by atoms with E-state index < -0.39 is 0 Å². The van der Waals surface area contributed by atoms with E-state index in [-0.39, 0.29) is 12.4 Å². The van der Waals surface area contributed by atoms with Gasteiger partial charge in [-0.05, 0) is 64.9 Å². The highest BCUT2D eigenvalue weighted by Crippen LogP contribution is 2.34. The van der Waals surface area contributed by atoms with Crippen LogP contribution in [0, 0.1) is 16.3 Å². The van der Waals surface area contributed by atoms with Crippen molar-refractivity contribution in [1.82, 2.24) is 0 Å². The van der Waals surface area contributed by atoms with Gasteiger partial charge in [-0.3, -0.25) is 4.99 Å². The summed E-state index contributed by atoms with van der Waals surface area (Å²) in [6.07, 6.45) is 1.80. The third-order valence-corrected chi connectivity index (χ3v) is 4.85. The minimum Gasteiger partial charge on any atom is -0.493 e. The number of methoxy groups -OCH3 is 1. The Bertz CT molecular complexity index is 972. The standard InChI is InChI=1S/C22H19FINO2/c1-15-7-3-6-10-20(15)25-13-16-11-19(24)22(21(12-16)26-2)27-14-17-8-4-5-9-18(17)23/h3-13H,14H2,1-2H3. The molecule has 3 aromatic carbocycles. The summed E-state index contributed by atoms with van der Waals surface area (Å²) in [5, 5.41) is 0. The van der Waals surface area contributed by atoms with Crippen LogP contribution in [-0.4, -0.2) is 13.3 Å². The molecule has 0 aliphatic carbocycles. The molecule has 0 bridgehead atoms. The van der Waals surface area contributed by atoms with E-state index in [0.29, 0.717) is 17.1 Å². The van der Waals surface area contributed by atoms with Gasteiger partial charge in [-0.15, -0.1) is 0 Å². The van der Waals surface area contributed by atoms with Crippen molar-refractivity contribution in [2.75, 3.05) is 7.11 Å². The number of hydrogen-bond donors (Lipinski definition) is 0. The van der Waals surface area contributed by atoms with Crippen LogP contribution in [0.2, 0.25) is 0 Å². The van der Waals surface area contributed by atoms with E-state index in [2.05, 4.69) is 27.6 Å². The van der Waals surface area contributed by atoms with Gasteiger partial charge in [0, 0.05) is 11.8 Å². The first-order valence-corrected chi connectivity index (χ1v) is 9.50. The summed E-state index contributed by atoms with van der Waals surface area (Å²) < 4.78 is 26.0. The Labute approximate surface area is 172 Å². The van der Waals surface area contributed by atoms with Gasteiger partial charge < -0.3 is 9.47 Å². The number of aliphatic imine (C=N–C) groups is 1. The minimum absolute atomic E-state index is 0.135. The number of para-hydroxylation sites is 1. The zero-order valence-corrected chi connectivity index (χ0v) is 17.2. The fraction of sp³-hybridized carbons (Fsp3) is 0.136. The van der Waals surface area contributed by atoms with Crippen LogP contribution in [-0.2, 0) is 6.61 Å². The van der Waals surface area contributed by atoms with Gasteiger partial charge in [-0.1, -0.05) is 36.4 Å². The van der Waals surface area contributed by atoms with Gasteiger partial charge in [0.05, 0.1) is 16.4 Å².